The van der Waals surface area contributed by atoms with Crippen molar-refractivity contribution >= 4 is 11.3 Å². The number of nitrogens with zero attached hydrogens (tertiary/aromatic N) is 5. The van der Waals surface area contributed by atoms with E-state index in [0.29, 0.717) is 5.92 Å². The minimum Gasteiger partial charge on any atom is -0.497 e. The number of likely N-dealkylation sites (tertiary alicyclic amines) is 1. The van der Waals surface area contributed by atoms with Crippen LogP contribution in [0.25, 0.3) is 10.6 Å². The molecule has 7 heteroatoms. The molecule has 1 aromatic carbocycles. The molecule has 0 atom stereocenters. The minimum absolute atomic E-state index is 0.706. The van der Waals surface area contributed by atoms with Gasteiger partial charge in [0.2, 0.25) is 0 Å². The molecular formula is C20H25N5OS. The van der Waals surface area contributed by atoms with Crippen LogP contribution in [-0.4, -0.2) is 44.8 Å². The largest absolute Gasteiger partial charge is 0.497 e. The molecule has 27 heavy (non-hydrogen) atoms. The van der Waals surface area contributed by atoms with Crippen molar-refractivity contribution in [2.75, 3.05) is 20.2 Å². The first-order chi connectivity index (χ1) is 13.2. The van der Waals surface area contributed by atoms with E-state index in [1.165, 1.54) is 17.7 Å². The van der Waals surface area contributed by atoms with Crippen molar-refractivity contribution in [3.63, 3.8) is 0 Å². The Labute approximate surface area is 163 Å². The van der Waals surface area contributed by atoms with E-state index in [0.717, 1.165) is 48.2 Å². The Hall–Kier alpha value is -2.25. The average Bonchev–Trinajstić information content (AvgIpc) is 3.33. The maximum Gasteiger partial charge on any atom is 0.132 e. The standard InChI is InChI=1S/C20H25N5OS/c1-24-14-22-23-19(24)10-15-6-8-25(9-7-15)13-18-12-21-20(27-18)16-4-3-5-17(11-16)26-2/h3-5,11-12,14-15H,6-10,13H2,1-2H3. The number of thiazole rings is 1. The Kier molecular flexibility index (Phi) is 5.50. The summed E-state index contributed by atoms with van der Waals surface area (Å²) >= 11 is 1.78. The van der Waals surface area contributed by atoms with Crippen LogP contribution in [-0.2, 0) is 20.0 Å². The van der Waals surface area contributed by atoms with Crippen LogP contribution in [0.2, 0.25) is 0 Å². The minimum atomic E-state index is 0.706. The van der Waals surface area contributed by atoms with Gasteiger partial charge in [-0.2, -0.15) is 0 Å². The molecular weight excluding hydrogens is 358 g/mol. The lowest BCUT2D eigenvalue weighted by Gasteiger charge is -2.31. The summed E-state index contributed by atoms with van der Waals surface area (Å²) < 4.78 is 7.35. The first-order valence-corrected chi connectivity index (χ1v) is 10.2. The van der Waals surface area contributed by atoms with Crippen LogP contribution >= 0.6 is 11.3 Å². The summed E-state index contributed by atoms with van der Waals surface area (Å²) in [6.07, 6.45) is 7.27. The lowest BCUT2D eigenvalue weighted by atomic mass is 9.93. The molecule has 6 nitrogen and oxygen atoms in total. The van der Waals surface area contributed by atoms with Crippen molar-refractivity contribution in [2.24, 2.45) is 13.0 Å². The molecule has 1 fully saturated rings. The molecule has 3 heterocycles. The van der Waals surface area contributed by atoms with Gasteiger partial charge in [0.1, 0.15) is 22.9 Å². The predicted octanol–water partition coefficient (Wildman–Crippen LogP) is 3.40. The molecule has 0 saturated carbocycles. The maximum atomic E-state index is 5.32. The molecule has 1 aliphatic rings. The van der Waals surface area contributed by atoms with Crippen LogP contribution < -0.4 is 4.74 Å². The first-order valence-electron chi connectivity index (χ1n) is 9.35. The van der Waals surface area contributed by atoms with Crippen molar-refractivity contribution in [3.05, 3.63) is 47.5 Å². The highest BCUT2D eigenvalue weighted by Crippen LogP contribution is 2.29. The number of piperidine rings is 1. The van der Waals surface area contributed by atoms with E-state index in [2.05, 4.69) is 26.1 Å². The third-order valence-electron chi connectivity index (χ3n) is 5.23. The van der Waals surface area contributed by atoms with E-state index < -0.39 is 0 Å². The van der Waals surface area contributed by atoms with Gasteiger partial charge in [0.25, 0.3) is 0 Å². The molecule has 0 amide bonds. The second-order valence-electron chi connectivity index (χ2n) is 7.15. The van der Waals surface area contributed by atoms with Crippen LogP contribution in [0.3, 0.4) is 0 Å². The van der Waals surface area contributed by atoms with E-state index in [-0.39, 0.29) is 0 Å². The number of aryl methyl sites for hydroxylation is 1. The topological polar surface area (TPSA) is 56.1 Å². The highest BCUT2D eigenvalue weighted by Gasteiger charge is 2.21. The number of aromatic nitrogens is 4. The third kappa shape index (κ3) is 4.36. The fourth-order valence-corrected chi connectivity index (χ4v) is 4.54. The van der Waals surface area contributed by atoms with Crippen molar-refractivity contribution < 1.29 is 4.74 Å². The molecule has 2 aromatic heterocycles. The normalized spacial score (nSPS) is 15.9. The Bertz CT molecular complexity index is 882. The summed E-state index contributed by atoms with van der Waals surface area (Å²) in [5, 5.41) is 9.27. The molecule has 4 rings (SSSR count). The third-order valence-corrected chi connectivity index (χ3v) is 6.26. The number of hydrogen-bond acceptors (Lipinski definition) is 6. The van der Waals surface area contributed by atoms with Gasteiger partial charge in [-0.3, -0.25) is 4.90 Å². The second kappa shape index (κ2) is 8.19. The monoisotopic (exact) mass is 383 g/mol. The molecule has 142 valence electrons. The molecule has 0 spiro atoms. The lowest BCUT2D eigenvalue weighted by Crippen LogP contribution is -2.33. The Morgan fingerprint density at radius 3 is 2.85 bits per heavy atom. The van der Waals surface area contributed by atoms with Crippen molar-refractivity contribution in [1.29, 1.82) is 0 Å². The lowest BCUT2D eigenvalue weighted by molar-refractivity contribution is 0.176. The molecule has 0 unspecified atom stereocenters. The number of rotatable bonds is 6. The summed E-state index contributed by atoms with van der Waals surface area (Å²) in [6, 6.07) is 8.10. The highest BCUT2D eigenvalue weighted by molar-refractivity contribution is 7.15. The molecule has 1 aliphatic heterocycles. The predicted molar refractivity (Wildman–Crippen MR) is 107 cm³/mol. The second-order valence-corrected chi connectivity index (χ2v) is 8.26. The van der Waals surface area contributed by atoms with Crippen molar-refractivity contribution in [3.8, 4) is 16.3 Å². The highest BCUT2D eigenvalue weighted by atomic mass is 32.1. The van der Waals surface area contributed by atoms with Crippen LogP contribution in [0, 0.1) is 5.92 Å². The molecule has 1 saturated heterocycles. The van der Waals surface area contributed by atoms with Crippen molar-refractivity contribution in [1.82, 2.24) is 24.6 Å². The van der Waals surface area contributed by atoms with Crippen LogP contribution in [0.4, 0.5) is 0 Å². The van der Waals surface area contributed by atoms with Gasteiger partial charge in [0, 0.05) is 36.7 Å². The van der Waals surface area contributed by atoms with E-state index in [4.69, 9.17) is 4.74 Å². The van der Waals surface area contributed by atoms with E-state index in [9.17, 15) is 0 Å². The maximum absolute atomic E-state index is 5.32. The number of hydrogen-bond donors (Lipinski definition) is 0. The van der Waals surface area contributed by atoms with E-state index in [1.807, 2.05) is 36.0 Å². The zero-order valence-electron chi connectivity index (χ0n) is 15.8. The van der Waals surface area contributed by atoms with Gasteiger partial charge in [-0.25, -0.2) is 4.98 Å². The summed E-state index contributed by atoms with van der Waals surface area (Å²) in [5.74, 6) is 2.67. The summed E-state index contributed by atoms with van der Waals surface area (Å²) in [4.78, 5) is 8.48. The Balaban J connectivity index is 1.32. The van der Waals surface area contributed by atoms with E-state index >= 15 is 0 Å². The number of methoxy groups -OCH3 is 1. The Morgan fingerprint density at radius 2 is 2.11 bits per heavy atom. The van der Waals surface area contributed by atoms with Gasteiger partial charge in [0.15, 0.2) is 0 Å². The summed E-state index contributed by atoms with van der Waals surface area (Å²) in [7, 11) is 3.72. The number of ether oxygens (including phenoxy) is 1. The molecule has 0 bridgehead atoms. The van der Waals surface area contributed by atoms with Gasteiger partial charge in [0.05, 0.1) is 7.11 Å². The van der Waals surface area contributed by atoms with Gasteiger partial charge in [-0.1, -0.05) is 12.1 Å². The summed E-state index contributed by atoms with van der Waals surface area (Å²) in [5.41, 5.74) is 1.12. The summed E-state index contributed by atoms with van der Waals surface area (Å²) in [6.45, 7) is 3.25. The number of benzene rings is 1. The fourth-order valence-electron chi connectivity index (χ4n) is 3.59. The fraction of sp³-hybridized carbons (Fsp3) is 0.450. The van der Waals surface area contributed by atoms with Gasteiger partial charge in [-0.15, -0.1) is 21.5 Å². The Morgan fingerprint density at radius 1 is 1.26 bits per heavy atom. The zero-order chi connectivity index (χ0) is 18.6. The van der Waals surface area contributed by atoms with Crippen LogP contribution in [0.15, 0.2) is 36.8 Å². The van der Waals surface area contributed by atoms with Gasteiger partial charge >= 0.3 is 0 Å². The molecule has 0 N–H and O–H groups in total. The average molecular weight is 384 g/mol. The van der Waals surface area contributed by atoms with Gasteiger partial charge < -0.3 is 9.30 Å². The first kappa shape index (κ1) is 18.1. The SMILES string of the molecule is COc1cccc(-c2ncc(CN3CCC(Cc4nncn4C)CC3)s2)c1. The zero-order valence-corrected chi connectivity index (χ0v) is 16.7. The molecule has 3 aromatic rings. The van der Waals surface area contributed by atoms with Crippen molar-refractivity contribution in [2.45, 2.75) is 25.8 Å². The van der Waals surface area contributed by atoms with E-state index in [1.54, 1.807) is 24.8 Å². The van der Waals surface area contributed by atoms with Gasteiger partial charge in [-0.05, 0) is 44.0 Å². The smallest absolute Gasteiger partial charge is 0.132 e. The molecule has 0 aliphatic carbocycles. The molecule has 0 radical (unpaired) electrons. The quantitative estimate of drug-likeness (QED) is 0.653. The van der Waals surface area contributed by atoms with Crippen LogP contribution in [0.1, 0.15) is 23.5 Å². The van der Waals surface area contributed by atoms with Crippen LogP contribution in [0.5, 0.6) is 5.75 Å².